The lowest BCUT2D eigenvalue weighted by atomic mass is 9.75. The van der Waals surface area contributed by atoms with Gasteiger partial charge in [-0.1, -0.05) is 35.3 Å². The SMILES string of the molecule is COCCCc1cc(CN(C(=O)[C@H]2CNCC[C@]2(O)c2ccc(Cl)c(Cl)c2)C2CC2)cc(OCCOC)c1. The van der Waals surface area contributed by atoms with Crippen molar-refractivity contribution < 1.29 is 24.1 Å². The van der Waals surface area contributed by atoms with Gasteiger partial charge < -0.3 is 29.5 Å². The molecule has 1 saturated heterocycles. The Balaban J connectivity index is 1.59. The molecule has 0 aromatic heterocycles. The van der Waals surface area contributed by atoms with E-state index in [1.165, 1.54) is 0 Å². The Kier molecular flexibility index (Phi) is 10.3. The summed E-state index contributed by atoms with van der Waals surface area (Å²) in [6, 6.07) is 11.5. The highest BCUT2D eigenvalue weighted by Crippen LogP contribution is 2.41. The fourth-order valence-electron chi connectivity index (χ4n) is 5.15. The van der Waals surface area contributed by atoms with E-state index in [2.05, 4.69) is 11.4 Å². The lowest BCUT2D eigenvalue weighted by Gasteiger charge is -2.42. The van der Waals surface area contributed by atoms with Crippen molar-refractivity contribution >= 4 is 29.1 Å². The van der Waals surface area contributed by atoms with Crippen molar-refractivity contribution in [2.24, 2.45) is 5.92 Å². The lowest BCUT2D eigenvalue weighted by Crippen LogP contribution is -2.55. The normalized spacial score (nSPS) is 21.3. The number of carbonyl (C=O) groups excluding carboxylic acids is 1. The minimum absolute atomic E-state index is 0.0556. The van der Waals surface area contributed by atoms with Gasteiger partial charge in [0, 0.05) is 40.0 Å². The van der Waals surface area contributed by atoms with Gasteiger partial charge in [-0.15, -0.1) is 0 Å². The second-order valence-corrected chi connectivity index (χ2v) is 11.0. The van der Waals surface area contributed by atoms with E-state index < -0.39 is 11.5 Å². The number of methoxy groups -OCH3 is 2. The third-order valence-corrected chi connectivity index (χ3v) is 8.08. The maximum absolute atomic E-state index is 14.1. The van der Waals surface area contributed by atoms with E-state index in [4.69, 9.17) is 37.4 Å². The van der Waals surface area contributed by atoms with E-state index in [0.29, 0.717) is 61.5 Å². The van der Waals surface area contributed by atoms with Crippen LogP contribution in [0.25, 0.3) is 0 Å². The van der Waals surface area contributed by atoms with Crippen molar-refractivity contribution in [3.05, 3.63) is 63.1 Å². The Morgan fingerprint density at radius 2 is 1.82 bits per heavy atom. The van der Waals surface area contributed by atoms with Gasteiger partial charge in [0.1, 0.15) is 18.0 Å². The summed E-state index contributed by atoms with van der Waals surface area (Å²) >= 11 is 12.4. The summed E-state index contributed by atoms with van der Waals surface area (Å²) in [4.78, 5) is 16.1. The van der Waals surface area contributed by atoms with Gasteiger partial charge in [-0.25, -0.2) is 0 Å². The number of nitrogens with zero attached hydrogens (tertiary/aromatic N) is 1. The van der Waals surface area contributed by atoms with Crippen molar-refractivity contribution in [1.82, 2.24) is 10.2 Å². The van der Waals surface area contributed by atoms with Gasteiger partial charge in [-0.05, 0) is 79.6 Å². The number of aliphatic hydroxyl groups is 1. The monoisotopic (exact) mass is 564 g/mol. The quantitative estimate of drug-likeness (QED) is 0.346. The molecule has 2 fully saturated rings. The van der Waals surface area contributed by atoms with E-state index in [0.717, 1.165) is 42.6 Å². The number of ether oxygens (including phenoxy) is 3. The van der Waals surface area contributed by atoms with E-state index in [1.54, 1.807) is 32.4 Å². The number of benzene rings is 2. The lowest BCUT2D eigenvalue weighted by molar-refractivity contribution is -0.150. The standard InChI is InChI=1S/C29H38Cl2N2O5/c1-36-11-3-4-20-14-21(16-24(15-20)38-13-12-37-2)19-33(23-6-7-23)28(34)25-18-32-10-9-29(25,35)22-5-8-26(30)27(31)17-22/h5,8,14-17,23,25,32,35H,3-4,6-7,9-13,18-19H2,1-2H3/t25-,29+/m1/s1. The van der Waals surface area contributed by atoms with Gasteiger partial charge in [-0.3, -0.25) is 4.79 Å². The van der Waals surface area contributed by atoms with Crippen molar-refractivity contribution in [3.8, 4) is 5.75 Å². The number of aryl methyl sites for hydroxylation is 1. The third kappa shape index (κ3) is 7.20. The molecule has 9 heteroatoms. The fraction of sp³-hybridized carbons (Fsp3) is 0.552. The maximum atomic E-state index is 14.1. The summed E-state index contributed by atoms with van der Waals surface area (Å²) in [7, 11) is 3.35. The number of hydrogen-bond acceptors (Lipinski definition) is 6. The molecule has 2 aromatic carbocycles. The molecule has 2 aromatic rings. The number of nitrogens with one attached hydrogen (secondary N) is 1. The summed E-state index contributed by atoms with van der Waals surface area (Å²) in [5, 5.41) is 16.0. The molecular weight excluding hydrogens is 527 g/mol. The highest BCUT2D eigenvalue weighted by atomic mass is 35.5. The van der Waals surface area contributed by atoms with Gasteiger partial charge in [0.05, 0.1) is 22.6 Å². The fourth-order valence-corrected chi connectivity index (χ4v) is 5.45. The van der Waals surface area contributed by atoms with Crippen LogP contribution in [0.3, 0.4) is 0 Å². The molecule has 1 aliphatic heterocycles. The average molecular weight is 566 g/mol. The minimum atomic E-state index is -1.33. The summed E-state index contributed by atoms with van der Waals surface area (Å²) < 4.78 is 16.3. The summed E-state index contributed by atoms with van der Waals surface area (Å²) in [6.07, 6.45) is 4.08. The number of halogens is 2. The second kappa shape index (κ2) is 13.5. The molecule has 0 bridgehead atoms. The number of carbonyl (C=O) groups is 1. The molecular formula is C29H38Cl2N2O5. The molecule has 38 heavy (non-hydrogen) atoms. The van der Waals surface area contributed by atoms with E-state index in [-0.39, 0.29) is 11.9 Å². The van der Waals surface area contributed by atoms with Gasteiger partial charge in [-0.2, -0.15) is 0 Å². The van der Waals surface area contributed by atoms with Crippen LogP contribution in [0.4, 0.5) is 0 Å². The van der Waals surface area contributed by atoms with Crippen LogP contribution in [0.2, 0.25) is 10.0 Å². The molecule has 0 spiro atoms. The maximum Gasteiger partial charge on any atom is 0.230 e. The minimum Gasteiger partial charge on any atom is -0.491 e. The molecule has 2 atom stereocenters. The van der Waals surface area contributed by atoms with Crippen LogP contribution in [-0.2, 0) is 32.8 Å². The second-order valence-electron chi connectivity index (χ2n) is 10.2. The molecule has 1 saturated carbocycles. The van der Waals surface area contributed by atoms with Gasteiger partial charge >= 0.3 is 0 Å². The first-order valence-corrected chi connectivity index (χ1v) is 14.0. The molecule has 4 rings (SSSR count). The predicted molar refractivity (Wildman–Crippen MR) is 149 cm³/mol. The predicted octanol–water partition coefficient (Wildman–Crippen LogP) is 4.59. The van der Waals surface area contributed by atoms with E-state index in [9.17, 15) is 9.90 Å². The molecule has 1 aliphatic carbocycles. The van der Waals surface area contributed by atoms with Crippen molar-refractivity contribution in [2.75, 3.05) is 47.1 Å². The Bertz CT molecular complexity index is 1070. The zero-order valence-electron chi connectivity index (χ0n) is 22.2. The van der Waals surface area contributed by atoms with Crippen LogP contribution in [0.5, 0.6) is 5.75 Å². The molecule has 0 radical (unpaired) electrons. The van der Waals surface area contributed by atoms with Crippen LogP contribution >= 0.6 is 23.2 Å². The zero-order valence-corrected chi connectivity index (χ0v) is 23.7. The van der Waals surface area contributed by atoms with Crippen molar-refractivity contribution in [1.29, 1.82) is 0 Å². The third-order valence-electron chi connectivity index (χ3n) is 7.35. The number of rotatable bonds is 13. The first-order valence-electron chi connectivity index (χ1n) is 13.3. The topological polar surface area (TPSA) is 80.3 Å². The zero-order chi connectivity index (χ0) is 27.1. The highest BCUT2D eigenvalue weighted by Gasteiger charge is 2.48. The van der Waals surface area contributed by atoms with E-state index in [1.807, 2.05) is 17.0 Å². The molecule has 1 amide bonds. The summed E-state index contributed by atoms with van der Waals surface area (Å²) in [6.45, 7) is 3.08. The molecule has 1 heterocycles. The van der Waals surface area contributed by atoms with Crippen LogP contribution in [0.15, 0.2) is 36.4 Å². The average Bonchev–Trinajstić information content (AvgIpc) is 3.74. The largest absolute Gasteiger partial charge is 0.491 e. The molecule has 0 unspecified atom stereocenters. The summed E-state index contributed by atoms with van der Waals surface area (Å²) in [5.41, 5.74) is 1.44. The number of hydrogen-bond donors (Lipinski definition) is 2. The number of piperidine rings is 1. The molecule has 2 aliphatic rings. The highest BCUT2D eigenvalue weighted by molar-refractivity contribution is 6.42. The van der Waals surface area contributed by atoms with Gasteiger partial charge in [0.2, 0.25) is 5.91 Å². The Hall–Kier alpha value is -1.87. The molecule has 7 nitrogen and oxygen atoms in total. The molecule has 208 valence electrons. The number of amides is 1. The smallest absolute Gasteiger partial charge is 0.230 e. The van der Waals surface area contributed by atoms with Crippen LogP contribution in [0.1, 0.15) is 42.4 Å². The van der Waals surface area contributed by atoms with Gasteiger partial charge in [0.25, 0.3) is 0 Å². The van der Waals surface area contributed by atoms with Crippen molar-refractivity contribution in [3.63, 3.8) is 0 Å². The van der Waals surface area contributed by atoms with Crippen molar-refractivity contribution in [2.45, 2.75) is 50.3 Å². The van der Waals surface area contributed by atoms with Crippen LogP contribution in [-0.4, -0.2) is 69.1 Å². The van der Waals surface area contributed by atoms with E-state index >= 15 is 0 Å². The van der Waals surface area contributed by atoms with Crippen LogP contribution in [0, 0.1) is 5.92 Å². The Morgan fingerprint density at radius 3 is 2.53 bits per heavy atom. The first-order chi connectivity index (χ1) is 18.4. The van der Waals surface area contributed by atoms with Gasteiger partial charge in [0.15, 0.2) is 0 Å². The Morgan fingerprint density at radius 1 is 1.05 bits per heavy atom. The van der Waals surface area contributed by atoms with Crippen LogP contribution < -0.4 is 10.1 Å². The summed E-state index contributed by atoms with van der Waals surface area (Å²) in [5.74, 6) is 0.0677. The first kappa shape index (κ1) is 29.1. The molecule has 2 N–H and O–H groups in total. The Labute approximate surface area is 235 Å².